The molecule has 1 fully saturated rings. The molecule has 5 rings (SSSR count). The van der Waals surface area contributed by atoms with Crippen LogP contribution in [0.5, 0.6) is 11.5 Å². The van der Waals surface area contributed by atoms with Crippen molar-refractivity contribution in [3.05, 3.63) is 35.1 Å². The van der Waals surface area contributed by atoms with Gasteiger partial charge in [0.1, 0.15) is 5.76 Å². The minimum atomic E-state index is -2.47. The Morgan fingerprint density at radius 3 is 2.63 bits per heavy atom. The Bertz CT molecular complexity index is 1240. The molecule has 2 bridgehead atoms. The van der Waals surface area contributed by atoms with E-state index in [0.29, 0.717) is 24.9 Å². The van der Waals surface area contributed by atoms with Gasteiger partial charge in [-0.1, -0.05) is 6.07 Å². The first-order valence-corrected chi connectivity index (χ1v) is 12.0. The van der Waals surface area contributed by atoms with E-state index < -0.39 is 59.8 Å². The molecule has 0 saturated carbocycles. The van der Waals surface area contributed by atoms with Gasteiger partial charge in [0.2, 0.25) is 6.10 Å². The van der Waals surface area contributed by atoms with Gasteiger partial charge < -0.3 is 44.3 Å². The molecule has 4 aliphatic rings. The van der Waals surface area contributed by atoms with E-state index in [1.165, 1.54) is 12.1 Å². The lowest BCUT2D eigenvalue weighted by Gasteiger charge is -2.61. The normalized spacial score (nSPS) is 30.2. The number of carboxylic acids is 1. The molecule has 38 heavy (non-hydrogen) atoms. The number of aliphatic carboxylic acids is 1. The first-order valence-electron chi connectivity index (χ1n) is 12.0. The molecule has 1 aromatic carbocycles. The Morgan fingerprint density at radius 1 is 1.21 bits per heavy atom. The summed E-state index contributed by atoms with van der Waals surface area (Å²) in [6.07, 6.45) is -3.81. The topological polar surface area (TPSA) is 189 Å². The highest BCUT2D eigenvalue weighted by atomic mass is 16.7. The fraction of sp³-hybridized carbons (Fsp3) is 0.520. The van der Waals surface area contributed by atoms with Gasteiger partial charge in [-0.05, 0) is 44.1 Å². The number of hydrogen-bond donors (Lipinski definition) is 4. The van der Waals surface area contributed by atoms with E-state index in [9.17, 15) is 34.5 Å². The molecule has 6 atom stereocenters. The minimum absolute atomic E-state index is 0.0383. The standard InChI is InChI=1S/C25H27NO12/c1-11(27)35-15(10-17(29)30)21(31)38-23(33)22(32)36-14-5-6-25(34)16-9-12-3-4-13(28)19-18(12)24(25,20(14)37-19)7-8-26(16)2/h3-5,15-16,20,23,28,33-34H,6-10H2,1-2H3,(H,29,30)/t15-,16+,20-,23+,24-,25+/m0/s1. The first kappa shape index (κ1) is 25.9. The Morgan fingerprint density at radius 2 is 1.95 bits per heavy atom. The van der Waals surface area contributed by atoms with E-state index in [2.05, 4.69) is 14.4 Å². The summed E-state index contributed by atoms with van der Waals surface area (Å²) in [5.41, 5.74) is -0.773. The van der Waals surface area contributed by atoms with E-state index >= 15 is 0 Å². The Labute approximate surface area is 216 Å². The number of likely N-dealkylation sites (tertiary alicyclic amines) is 1. The maximum Gasteiger partial charge on any atom is 0.381 e. The minimum Gasteiger partial charge on any atom is -0.504 e. The molecule has 0 amide bonds. The Kier molecular flexibility index (Phi) is 6.12. The van der Waals surface area contributed by atoms with Gasteiger partial charge in [0, 0.05) is 24.9 Å². The van der Waals surface area contributed by atoms with Gasteiger partial charge in [0.25, 0.3) is 6.29 Å². The average Bonchev–Trinajstić information content (AvgIpc) is 3.19. The summed E-state index contributed by atoms with van der Waals surface area (Å²) >= 11 is 0. The molecule has 1 saturated heterocycles. The van der Waals surface area contributed by atoms with Gasteiger partial charge in [-0.2, -0.15) is 0 Å². The number of benzene rings is 1. The highest BCUT2D eigenvalue weighted by molar-refractivity contribution is 5.85. The molecular weight excluding hydrogens is 506 g/mol. The summed E-state index contributed by atoms with van der Waals surface area (Å²) in [6.45, 7) is 1.55. The van der Waals surface area contributed by atoms with Crippen molar-refractivity contribution in [1.82, 2.24) is 4.90 Å². The number of phenolic OH excluding ortho intramolecular Hbond substituents is 1. The van der Waals surface area contributed by atoms with Crippen molar-refractivity contribution in [3.8, 4) is 11.5 Å². The van der Waals surface area contributed by atoms with Gasteiger partial charge in [-0.25, -0.2) is 9.59 Å². The summed E-state index contributed by atoms with van der Waals surface area (Å²) in [5, 5.41) is 41.7. The van der Waals surface area contributed by atoms with E-state index in [-0.39, 0.29) is 29.7 Å². The number of aliphatic hydroxyl groups is 2. The number of aliphatic hydroxyl groups excluding tert-OH is 1. The summed E-state index contributed by atoms with van der Waals surface area (Å²) in [4.78, 5) is 49.2. The number of ether oxygens (including phenoxy) is 4. The fourth-order valence-electron chi connectivity index (χ4n) is 6.37. The SMILES string of the molecule is CC(=O)O[C@@H](CC(=O)O)C(=O)O[C@@H](O)C(=O)OC1=CC[C@@]2(O)[C@H]3Cc4ccc(O)c5c4[C@@]2(CCN3C)[C@H]1O5. The Balaban J connectivity index is 1.40. The van der Waals surface area contributed by atoms with Crippen molar-refractivity contribution in [3.63, 3.8) is 0 Å². The number of nitrogens with zero attached hydrogens (tertiary/aromatic N) is 1. The lowest BCUT2D eigenvalue weighted by molar-refractivity contribution is -0.200. The number of carboxylic acid groups (broad SMARTS) is 1. The Hall–Kier alpha value is -3.68. The second-order valence-electron chi connectivity index (χ2n) is 10.0. The van der Waals surface area contributed by atoms with Gasteiger partial charge >= 0.3 is 23.9 Å². The predicted molar refractivity (Wildman–Crippen MR) is 123 cm³/mol. The summed E-state index contributed by atoms with van der Waals surface area (Å²) in [6, 6.07) is 3.03. The van der Waals surface area contributed by atoms with Crippen LogP contribution in [-0.4, -0.2) is 92.9 Å². The number of rotatable bonds is 7. The maximum atomic E-state index is 12.7. The van der Waals surface area contributed by atoms with E-state index in [0.717, 1.165) is 12.5 Å². The third-order valence-corrected chi connectivity index (χ3v) is 7.93. The zero-order valence-electron chi connectivity index (χ0n) is 20.6. The zero-order chi connectivity index (χ0) is 27.6. The van der Waals surface area contributed by atoms with Gasteiger partial charge in [0.15, 0.2) is 17.6 Å². The number of esters is 3. The lowest BCUT2D eigenvalue weighted by Crippen LogP contribution is -2.74. The van der Waals surface area contributed by atoms with Crippen molar-refractivity contribution in [1.29, 1.82) is 0 Å². The molecule has 2 aliphatic carbocycles. The molecule has 0 radical (unpaired) electrons. The van der Waals surface area contributed by atoms with Crippen LogP contribution in [0.3, 0.4) is 0 Å². The number of hydrogen-bond acceptors (Lipinski definition) is 12. The van der Waals surface area contributed by atoms with Crippen LogP contribution in [0.25, 0.3) is 0 Å². The summed E-state index contributed by atoms with van der Waals surface area (Å²) in [5.74, 6) is -5.27. The number of piperidine rings is 1. The number of aromatic hydroxyl groups is 1. The van der Waals surface area contributed by atoms with Crippen LogP contribution in [0.4, 0.5) is 0 Å². The van der Waals surface area contributed by atoms with Crippen molar-refractivity contribution in [2.75, 3.05) is 13.6 Å². The number of likely N-dealkylation sites (N-methyl/N-ethyl adjacent to an activating group) is 1. The van der Waals surface area contributed by atoms with Crippen molar-refractivity contribution < 1.29 is 58.6 Å². The molecule has 1 spiro atoms. The summed E-state index contributed by atoms with van der Waals surface area (Å²) in [7, 11) is 1.92. The molecule has 2 aliphatic heterocycles. The molecule has 0 unspecified atom stereocenters. The van der Waals surface area contributed by atoms with Crippen LogP contribution < -0.4 is 4.74 Å². The molecule has 2 heterocycles. The molecule has 0 aromatic heterocycles. The fourth-order valence-corrected chi connectivity index (χ4v) is 6.37. The van der Waals surface area contributed by atoms with Gasteiger partial charge in [-0.15, -0.1) is 0 Å². The third kappa shape index (κ3) is 3.72. The number of carbonyl (C=O) groups is 4. The van der Waals surface area contributed by atoms with Crippen LogP contribution in [0.2, 0.25) is 0 Å². The smallest absolute Gasteiger partial charge is 0.381 e. The van der Waals surface area contributed by atoms with E-state index in [1.807, 2.05) is 7.05 Å². The lowest BCUT2D eigenvalue weighted by atomic mass is 9.50. The van der Waals surface area contributed by atoms with E-state index in [1.54, 1.807) is 6.07 Å². The van der Waals surface area contributed by atoms with Crippen LogP contribution in [-0.2, 0) is 45.2 Å². The molecule has 13 heteroatoms. The van der Waals surface area contributed by atoms with Crippen LogP contribution in [0, 0.1) is 0 Å². The summed E-state index contributed by atoms with van der Waals surface area (Å²) < 4.78 is 20.7. The van der Waals surface area contributed by atoms with Crippen molar-refractivity contribution in [2.24, 2.45) is 0 Å². The zero-order valence-corrected chi connectivity index (χ0v) is 20.6. The van der Waals surface area contributed by atoms with Crippen LogP contribution in [0.1, 0.15) is 37.3 Å². The molecule has 13 nitrogen and oxygen atoms in total. The van der Waals surface area contributed by atoms with Crippen LogP contribution >= 0.6 is 0 Å². The van der Waals surface area contributed by atoms with Crippen molar-refractivity contribution >= 4 is 23.9 Å². The third-order valence-electron chi connectivity index (χ3n) is 7.93. The number of carbonyl (C=O) groups excluding carboxylic acids is 3. The first-order chi connectivity index (χ1) is 17.9. The predicted octanol–water partition coefficient (Wildman–Crippen LogP) is -0.519. The highest BCUT2D eigenvalue weighted by Gasteiger charge is 2.72. The van der Waals surface area contributed by atoms with E-state index in [4.69, 9.17) is 14.6 Å². The van der Waals surface area contributed by atoms with Crippen LogP contribution in [0.15, 0.2) is 24.0 Å². The second kappa shape index (κ2) is 8.96. The monoisotopic (exact) mass is 533 g/mol. The number of phenols is 1. The maximum absolute atomic E-state index is 12.7. The highest BCUT2D eigenvalue weighted by Crippen LogP contribution is 2.65. The molecule has 204 valence electrons. The second-order valence-corrected chi connectivity index (χ2v) is 10.0. The molecule has 1 aromatic rings. The van der Waals surface area contributed by atoms with Crippen molar-refractivity contribution in [2.45, 2.75) is 68.2 Å². The average molecular weight is 533 g/mol. The quantitative estimate of drug-likeness (QED) is 0.199. The molecular formula is C25H27NO12. The largest absolute Gasteiger partial charge is 0.504 e. The molecule has 4 N–H and O–H groups in total. The van der Waals surface area contributed by atoms with Gasteiger partial charge in [-0.3, -0.25) is 9.59 Å². The van der Waals surface area contributed by atoms with Gasteiger partial charge in [0.05, 0.1) is 17.4 Å².